The Morgan fingerprint density at radius 3 is 2.44 bits per heavy atom. The Morgan fingerprint density at radius 1 is 1.24 bits per heavy atom. The van der Waals surface area contributed by atoms with Gasteiger partial charge in [-0.25, -0.2) is 8.42 Å². The molecule has 0 aromatic heterocycles. The van der Waals surface area contributed by atoms with Crippen molar-refractivity contribution in [2.75, 3.05) is 38.4 Å². The van der Waals surface area contributed by atoms with Gasteiger partial charge in [0.05, 0.1) is 25.0 Å². The summed E-state index contributed by atoms with van der Waals surface area (Å²) in [5.41, 5.74) is 0.761. The molecule has 0 heterocycles. The van der Waals surface area contributed by atoms with E-state index in [0.717, 1.165) is 5.69 Å². The summed E-state index contributed by atoms with van der Waals surface area (Å²) in [6.45, 7) is 8.52. The predicted octanol–water partition coefficient (Wildman–Crippen LogP) is 2.29. The molecule has 0 fully saturated rings. The number of hydrogen-bond acceptors (Lipinski definition) is 5. The van der Waals surface area contributed by atoms with Gasteiger partial charge in [0.2, 0.25) is 0 Å². The Morgan fingerprint density at radius 2 is 1.92 bits per heavy atom. The number of nitrogens with one attached hydrogen (secondary N) is 2. The van der Waals surface area contributed by atoms with Gasteiger partial charge >= 0.3 is 0 Å². The fraction of sp³-hybridized carbons (Fsp3) is 0.588. The second kappa shape index (κ2) is 8.94. The molecule has 0 bridgehead atoms. The fourth-order valence-electron chi connectivity index (χ4n) is 1.85. The summed E-state index contributed by atoms with van der Waals surface area (Å²) in [7, 11) is -1.63. The third-order valence-electron chi connectivity index (χ3n) is 3.69. The number of anilines is 1. The lowest BCUT2D eigenvalue weighted by molar-refractivity contribution is 0.311. The first-order valence-corrected chi connectivity index (χ1v) is 10.1. The van der Waals surface area contributed by atoms with Gasteiger partial charge in [-0.3, -0.25) is 4.99 Å². The summed E-state index contributed by atoms with van der Waals surface area (Å²) in [4.78, 5) is 4.40. The summed E-state index contributed by atoms with van der Waals surface area (Å²) < 4.78 is 33.5. The van der Waals surface area contributed by atoms with Gasteiger partial charge in [0, 0.05) is 24.6 Å². The van der Waals surface area contributed by atoms with Crippen molar-refractivity contribution in [1.29, 1.82) is 0 Å². The summed E-state index contributed by atoms with van der Waals surface area (Å²) in [6, 6.07) is 5.47. The molecule has 8 heteroatoms. The zero-order chi connectivity index (χ0) is 19.1. The maximum atomic E-state index is 11.8. The smallest absolute Gasteiger partial charge is 0.195 e. The highest BCUT2D eigenvalue weighted by Crippen LogP contribution is 2.30. The first-order valence-electron chi connectivity index (χ1n) is 8.20. The number of ether oxygens (including phenoxy) is 2. The van der Waals surface area contributed by atoms with E-state index in [0.29, 0.717) is 30.6 Å². The predicted molar refractivity (Wildman–Crippen MR) is 103 cm³/mol. The molecule has 1 rings (SSSR count). The molecule has 0 saturated carbocycles. The van der Waals surface area contributed by atoms with Crippen molar-refractivity contribution in [1.82, 2.24) is 5.32 Å². The average Bonchev–Trinajstić information content (AvgIpc) is 2.53. The number of nitrogens with zero attached hydrogens (tertiary/aromatic N) is 1. The zero-order valence-corrected chi connectivity index (χ0v) is 16.7. The molecule has 0 radical (unpaired) electrons. The standard InChI is InChI=1S/C17H29N3O4S/c1-7-18-16(19-12-17(3,4)25(6,21)22)20-13-9-10-14(24-8-2)15(11-13)23-5/h9-11H,7-8,12H2,1-6H3,(H2,18,19,20). The minimum atomic E-state index is -3.21. The number of aliphatic imine (C=N–C) groups is 1. The highest BCUT2D eigenvalue weighted by atomic mass is 32.2. The normalized spacial score (nSPS) is 12.6. The summed E-state index contributed by atoms with van der Waals surface area (Å²) >= 11 is 0. The number of benzene rings is 1. The minimum Gasteiger partial charge on any atom is -0.493 e. The molecule has 142 valence electrons. The molecule has 0 spiro atoms. The third kappa shape index (κ3) is 6.12. The first-order chi connectivity index (χ1) is 11.6. The van der Waals surface area contributed by atoms with Crippen LogP contribution in [0.4, 0.5) is 5.69 Å². The maximum Gasteiger partial charge on any atom is 0.195 e. The van der Waals surface area contributed by atoms with Crippen LogP contribution >= 0.6 is 0 Å². The van der Waals surface area contributed by atoms with Gasteiger partial charge in [-0.2, -0.15) is 0 Å². The van der Waals surface area contributed by atoms with E-state index in [-0.39, 0.29) is 6.54 Å². The van der Waals surface area contributed by atoms with Gasteiger partial charge in [-0.1, -0.05) is 0 Å². The van der Waals surface area contributed by atoms with Gasteiger partial charge < -0.3 is 20.1 Å². The highest BCUT2D eigenvalue weighted by Gasteiger charge is 2.30. The molecule has 0 saturated heterocycles. The SMILES string of the molecule is CCNC(=NCC(C)(C)S(C)(=O)=O)Nc1ccc(OCC)c(OC)c1. The van der Waals surface area contributed by atoms with E-state index in [4.69, 9.17) is 9.47 Å². The van der Waals surface area contributed by atoms with Crippen molar-refractivity contribution in [3.8, 4) is 11.5 Å². The first kappa shape index (κ1) is 21.1. The molecule has 7 nitrogen and oxygen atoms in total. The lowest BCUT2D eigenvalue weighted by atomic mass is 10.2. The Balaban J connectivity index is 3.00. The molecular weight excluding hydrogens is 342 g/mol. The molecule has 0 aliphatic rings. The van der Waals surface area contributed by atoms with Crippen LogP contribution in [0.25, 0.3) is 0 Å². The van der Waals surface area contributed by atoms with Crippen molar-refractivity contribution < 1.29 is 17.9 Å². The van der Waals surface area contributed by atoms with Gasteiger partial charge in [-0.15, -0.1) is 0 Å². The van der Waals surface area contributed by atoms with Crippen molar-refractivity contribution in [2.45, 2.75) is 32.4 Å². The van der Waals surface area contributed by atoms with E-state index in [2.05, 4.69) is 15.6 Å². The number of hydrogen-bond donors (Lipinski definition) is 2. The molecule has 0 atom stereocenters. The average molecular weight is 372 g/mol. The van der Waals surface area contributed by atoms with E-state index in [1.165, 1.54) is 6.26 Å². The molecule has 0 aliphatic carbocycles. The maximum absolute atomic E-state index is 11.8. The van der Waals surface area contributed by atoms with E-state index in [1.807, 2.05) is 26.0 Å². The van der Waals surface area contributed by atoms with Gasteiger partial charge in [-0.05, 0) is 39.8 Å². The van der Waals surface area contributed by atoms with Crippen LogP contribution < -0.4 is 20.1 Å². The highest BCUT2D eigenvalue weighted by molar-refractivity contribution is 7.92. The molecule has 0 unspecified atom stereocenters. The van der Waals surface area contributed by atoms with Gasteiger partial charge in [0.1, 0.15) is 0 Å². The topological polar surface area (TPSA) is 89.0 Å². The number of methoxy groups -OCH3 is 1. The minimum absolute atomic E-state index is 0.148. The van der Waals surface area contributed by atoms with Crippen LogP contribution in [-0.4, -0.2) is 52.2 Å². The van der Waals surface area contributed by atoms with Crippen LogP contribution in [0.15, 0.2) is 23.2 Å². The zero-order valence-electron chi connectivity index (χ0n) is 15.8. The van der Waals surface area contributed by atoms with Crippen LogP contribution in [-0.2, 0) is 9.84 Å². The number of guanidine groups is 1. The van der Waals surface area contributed by atoms with Crippen LogP contribution in [0, 0.1) is 0 Å². The van der Waals surface area contributed by atoms with Crippen molar-refractivity contribution in [3.63, 3.8) is 0 Å². The summed E-state index contributed by atoms with van der Waals surface area (Å²) in [6.07, 6.45) is 1.22. The Labute approximate surface area is 150 Å². The number of rotatable bonds is 8. The molecule has 1 aromatic carbocycles. The quantitative estimate of drug-likeness (QED) is 0.538. The summed E-state index contributed by atoms with van der Waals surface area (Å²) in [5.74, 6) is 1.78. The number of sulfone groups is 1. The molecule has 1 aromatic rings. The molecule has 0 aliphatic heterocycles. The summed E-state index contributed by atoms with van der Waals surface area (Å²) in [5, 5.41) is 6.26. The van der Waals surface area contributed by atoms with Crippen LogP contribution in [0.3, 0.4) is 0 Å². The van der Waals surface area contributed by atoms with Gasteiger partial charge in [0.15, 0.2) is 27.3 Å². The Kier molecular flexibility index (Phi) is 7.54. The monoisotopic (exact) mass is 371 g/mol. The third-order valence-corrected chi connectivity index (χ3v) is 5.83. The Bertz CT molecular complexity index is 700. The van der Waals surface area contributed by atoms with E-state index in [9.17, 15) is 8.42 Å². The second-order valence-electron chi connectivity index (χ2n) is 6.15. The van der Waals surface area contributed by atoms with Crippen molar-refractivity contribution in [2.24, 2.45) is 4.99 Å². The van der Waals surface area contributed by atoms with Crippen LogP contribution in [0.1, 0.15) is 27.7 Å². The fourth-order valence-corrected chi connectivity index (χ4v) is 2.15. The van der Waals surface area contributed by atoms with Crippen LogP contribution in [0.2, 0.25) is 0 Å². The molecular formula is C17H29N3O4S. The van der Waals surface area contributed by atoms with E-state index >= 15 is 0 Å². The second-order valence-corrected chi connectivity index (χ2v) is 8.80. The molecule has 2 N–H and O–H groups in total. The van der Waals surface area contributed by atoms with E-state index < -0.39 is 14.6 Å². The molecule has 0 amide bonds. The lowest BCUT2D eigenvalue weighted by Crippen LogP contribution is -2.37. The van der Waals surface area contributed by atoms with Crippen molar-refractivity contribution in [3.05, 3.63) is 18.2 Å². The lowest BCUT2D eigenvalue weighted by Gasteiger charge is -2.21. The van der Waals surface area contributed by atoms with E-state index in [1.54, 1.807) is 27.0 Å². The van der Waals surface area contributed by atoms with Crippen LogP contribution in [0.5, 0.6) is 11.5 Å². The Hall–Kier alpha value is -1.96. The van der Waals surface area contributed by atoms with Crippen molar-refractivity contribution >= 4 is 21.5 Å². The molecule has 25 heavy (non-hydrogen) atoms. The largest absolute Gasteiger partial charge is 0.493 e. The van der Waals surface area contributed by atoms with Gasteiger partial charge in [0.25, 0.3) is 0 Å².